The maximum Gasteiger partial charge on any atom is 0.322 e. The number of carbonyl (C=O) groups excluding carboxylic acids is 2. The molecule has 0 saturated heterocycles. The zero-order chi connectivity index (χ0) is 7.98. The van der Waals surface area contributed by atoms with E-state index >= 15 is 0 Å². The van der Waals surface area contributed by atoms with E-state index in [1.165, 1.54) is 13.2 Å². The third-order valence-corrected chi connectivity index (χ3v) is 0.841. The van der Waals surface area contributed by atoms with Gasteiger partial charge in [-0.15, -0.1) is 5.26 Å². The van der Waals surface area contributed by atoms with Crippen LogP contribution in [0.25, 0.3) is 0 Å². The average molecular weight is 141 g/mol. The third kappa shape index (κ3) is 4.78. The van der Waals surface area contributed by atoms with E-state index in [-0.39, 0.29) is 18.6 Å². The zero-order valence-electron chi connectivity index (χ0n) is 5.59. The van der Waals surface area contributed by atoms with Crippen LogP contribution in [0.4, 0.5) is 0 Å². The van der Waals surface area contributed by atoms with E-state index in [1.54, 1.807) is 0 Å². The standard InChI is InChI=1S/C6H7NO3/c1-5(8)2-3-6(9)10-4-7/h2-3H2,1H3. The monoisotopic (exact) mass is 141 g/mol. The molecule has 0 aliphatic heterocycles. The van der Waals surface area contributed by atoms with Crippen molar-refractivity contribution in [1.29, 1.82) is 5.26 Å². The molecule has 0 saturated carbocycles. The van der Waals surface area contributed by atoms with Crippen LogP contribution in [0.1, 0.15) is 19.8 Å². The Hall–Kier alpha value is -1.37. The van der Waals surface area contributed by atoms with E-state index in [0.29, 0.717) is 0 Å². The SMILES string of the molecule is CC(=O)CCC(=O)OC#N. The van der Waals surface area contributed by atoms with Gasteiger partial charge in [0.25, 0.3) is 6.26 Å². The van der Waals surface area contributed by atoms with Crippen molar-refractivity contribution in [2.24, 2.45) is 0 Å². The van der Waals surface area contributed by atoms with Gasteiger partial charge in [0.15, 0.2) is 0 Å². The van der Waals surface area contributed by atoms with Crippen molar-refractivity contribution in [3.8, 4) is 6.26 Å². The van der Waals surface area contributed by atoms with Gasteiger partial charge in [0.1, 0.15) is 5.78 Å². The van der Waals surface area contributed by atoms with E-state index in [9.17, 15) is 9.59 Å². The van der Waals surface area contributed by atoms with Crippen LogP contribution in [0, 0.1) is 11.5 Å². The summed E-state index contributed by atoms with van der Waals surface area (Å²) in [5.41, 5.74) is 0. The van der Waals surface area contributed by atoms with Crippen molar-refractivity contribution in [2.75, 3.05) is 0 Å². The topological polar surface area (TPSA) is 67.2 Å². The Kier molecular flexibility index (Phi) is 3.89. The second-order valence-corrected chi connectivity index (χ2v) is 1.77. The van der Waals surface area contributed by atoms with Gasteiger partial charge >= 0.3 is 5.97 Å². The van der Waals surface area contributed by atoms with Crippen molar-refractivity contribution >= 4 is 11.8 Å². The number of hydrogen-bond acceptors (Lipinski definition) is 4. The number of esters is 1. The predicted molar refractivity (Wildman–Crippen MR) is 31.6 cm³/mol. The lowest BCUT2D eigenvalue weighted by molar-refractivity contribution is -0.138. The fraction of sp³-hybridized carbons (Fsp3) is 0.500. The van der Waals surface area contributed by atoms with Crippen LogP contribution < -0.4 is 0 Å². The third-order valence-electron chi connectivity index (χ3n) is 0.841. The molecule has 0 aliphatic rings. The summed E-state index contributed by atoms with van der Waals surface area (Å²) in [6, 6.07) is 0. The average Bonchev–Trinajstić information content (AvgIpc) is 1.85. The van der Waals surface area contributed by atoms with Crippen molar-refractivity contribution < 1.29 is 14.3 Å². The summed E-state index contributed by atoms with van der Waals surface area (Å²) in [7, 11) is 0. The van der Waals surface area contributed by atoms with Gasteiger partial charge in [-0.25, -0.2) is 0 Å². The largest absolute Gasteiger partial charge is 0.351 e. The lowest BCUT2D eigenvalue weighted by Gasteiger charge is -1.90. The molecule has 0 rings (SSSR count). The first-order valence-electron chi connectivity index (χ1n) is 2.75. The molecule has 0 heterocycles. The second-order valence-electron chi connectivity index (χ2n) is 1.77. The minimum absolute atomic E-state index is 0.0110. The predicted octanol–water partition coefficient (Wildman–Crippen LogP) is 0.380. The summed E-state index contributed by atoms with van der Waals surface area (Å²) in [6.45, 7) is 1.37. The van der Waals surface area contributed by atoms with E-state index in [0.717, 1.165) is 0 Å². The fourth-order valence-corrected chi connectivity index (χ4v) is 0.380. The van der Waals surface area contributed by atoms with Crippen molar-refractivity contribution in [3.63, 3.8) is 0 Å². The van der Waals surface area contributed by atoms with Gasteiger partial charge in [-0.1, -0.05) is 0 Å². The highest BCUT2D eigenvalue weighted by Crippen LogP contribution is 1.92. The minimum atomic E-state index is -0.655. The zero-order valence-corrected chi connectivity index (χ0v) is 5.59. The number of carbonyl (C=O) groups is 2. The van der Waals surface area contributed by atoms with Crippen molar-refractivity contribution in [2.45, 2.75) is 19.8 Å². The Morgan fingerprint density at radius 2 is 2.10 bits per heavy atom. The van der Waals surface area contributed by atoms with Crippen molar-refractivity contribution in [1.82, 2.24) is 0 Å². The van der Waals surface area contributed by atoms with Crippen LogP contribution in [0.15, 0.2) is 0 Å². The molecular formula is C6H7NO3. The highest BCUT2D eigenvalue weighted by Gasteiger charge is 2.03. The molecular weight excluding hydrogens is 134 g/mol. The molecule has 0 bridgehead atoms. The Morgan fingerprint density at radius 3 is 2.50 bits per heavy atom. The fourth-order valence-electron chi connectivity index (χ4n) is 0.380. The van der Waals surface area contributed by atoms with Gasteiger partial charge in [-0.3, -0.25) is 4.79 Å². The molecule has 0 radical (unpaired) electrons. The first-order valence-corrected chi connectivity index (χ1v) is 2.75. The lowest BCUT2D eigenvalue weighted by atomic mass is 10.2. The number of ketones is 1. The highest BCUT2D eigenvalue weighted by atomic mass is 16.5. The van der Waals surface area contributed by atoms with Gasteiger partial charge < -0.3 is 9.53 Å². The van der Waals surface area contributed by atoms with Gasteiger partial charge in [0, 0.05) is 6.42 Å². The normalized spacial score (nSPS) is 8.00. The molecule has 0 aromatic heterocycles. The number of rotatable bonds is 3. The number of hydrogen-bond donors (Lipinski definition) is 0. The lowest BCUT2D eigenvalue weighted by Crippen LogP contribution is -2.02. The van der Waals surface area contributed by atoms with E-state index in [4.69, 9.17) is 5.26 Å². The van der Waals surface area contributed by atoms with Crippen molar-refractivity contribution in [3.05, 3.63) is 0 Å². The van der Waals surface area contributed by atoms with Gasteiger partial charge in [-0.05, 0) is 6.92 Å². The highest BCUT2D eigenvalue weighted by molar-refractivity contribution is 5.81. The molecule has 4 heteroatoms. The smallest absolute Gasteiger partial charge is 0.322 e. The summed E-state index contributed by atoms with van der Waals surface area (Å²) >= 11 is 0. The molecule has 0 aromatic rings. The number of ether oxygens (including phenoxy) is 1. The summed E-state index contributed by atoms with van der Waals surface area (Å²) in [4.78, 5) is 20.6. The molecule has 0 unspecified atom stereocenters. The van der Waals surface area contributed by atoms with Crippen LogP contribution in [0.3, 0.4) is 0 Å². The number of nitriles is 1. The van der Waals surface area contributed by atoms with E-state index < -0.39 is 5.97 Å². The first kappa shape index (κ1) is 8.63. The summed E-state index contributed by atoms with van der Waals surface area (Å²) in [5.74, 6) is -0.743. The molecule has 0 fully saturated rings. The quantitative estimate of drug-likeness (QED) is 0.421. The minimum Gasteiger partial charge on any atom is -0.351 e. The molecule has 0 spiro atoms. The summed E-state index contributed by atoms with van der Waals surface area (Å²) in [6.07, 6.45) is 1.36. The molecule has 0 aromatic carbocycles. The Balaban J connectivity index is 3.42. The van der Waals surface area contributed by atoms with Crippen LogP contribution in [0.2, 0.25) is 0 Å². The van der Waals surface area contributed by atoms with Crippen LogP contribution in [-0.4, -0.2) is 11.8 Å². The Labute approximate surface area is 58.4 Å². The Bertz CT molecular complexity index is 180. The molecule has 0 N–H and O–H groups in total. The van der Waals surface area contributed by atoms with E-state index in [2.05, 4.69) is 4.74 Å². The maximum absolute atomic E-state index is 10.4. The van der Waals surface area contributed by atoms with Crippen LogP contribution in [0.5, 0.6) is 0 Å². The summed E-state index contributed by atoms with van der Waals surface area (Å²) in [5, 5.41) is 7.82. The molecule has 0 atom stereocenters. The Morgan fingerprint density at radius 1 is 1.50 bits per heavy atom. The summed E-state index contributed by atoms with van der Waals surface area (Å²) < 4.78 is 3.91. The van der Waals surface area contributed by atoms with Crippen LogP contribution >= 0.6 is 0 Å². The van der Waals surface area contributed by atoms with Gasteiger partial charge in [0.05, 0.1) is 6.42 Å². The molecule has 54 valence electrons. The number of nitrogens with zero attached hydrogens (tertiary/aromatic N) is 1. The first-order chi connectivity index (χ1) is 4.66. The van der Waals surface area contributed by atoms with Crippen LogP contribution in [-0.2, 0) is 14.3 Å². The second kappa shape index (κ2) is 4.50. The van der Waals surface area contributed by atoms with Gasteiger partial charge in [-0.2, -0.15) is 0 Å². The molecule has 4 nitrogen and oxygen atoms in total. The maximum atomic E-state index is 10.4. The molecule has 10 heavy (non-hydrogen) atoms. The molecule has 0 aliphatic carbocycles. The number of Topliss-reactive ketones (excluding diaryl/α,β-unsaturated/α-hetero) is 1. The molecule has 0 amide bonds. The van der Waals surface area contributed by atoms with Gasteiger partial charge in [0.2, 0.25) is 0 Å². The van der Waals surface area contributed by atoms with E-state index in [1.807, 2.05) is 0 Å².